The van der Waals surface area contributed by atoms with Crippen LogP contribution in [0.3, 0.4) is 0 Å². The first-order valence-corrected chi connectivity index (χ1v) is 10.0. The third kappa shape index (κ3) is 5.70. The van der Waals surface area contributed by atoms with Crippen LogP contribution in [-0.4, -0.2) is 14.5 Å². The van der Waals surface area contributed by atoms with Gasteiger partial charge in [-0.3, -0.25) is 0 Å². The van der Waals surface area contributed by atoms with Gasteiger partial charge in [-0.15, -0.1) is 0 Å². The highest BCUT2D eigenvalue weighted by Crippen LogP contribution is 2.17. The standard InChI is InChI=1S/C12H15ClINOSi/c1-9(16-17(2,3)4)15-8-10-7-11(13)5-6-12(10)14/h5-8H,1H2,2-4H3. The molecule has 0 atom stereocenters. The fourth-order valence-electron chi connectivity index (χ4n) is 1.13. The van der Waals surface area contributed by atoms with Gasteiger partial charge >= 0.3 is 0 Å². The van der Waals surface area contributed by atoms with Gasteiger partial charge in [0, 0.05) is 20.4 Å². The summed E-state index contributed by atoms with van der Waals surface area (Å²) in [5.41, 5.74) is 0.971. The molecule has 0 bridgehead atoms. The van der Waals surface area contributed by atoms with E-state index < -0.39 is 8.32 Å². The summed E-state index contributed by atoms with van der Waals surface area (Å²) in [5.74, 6) is 0.458. The van der Waals surface area contributed by atoms with E-state index in [0.717, 1.165) is 9.13 Å². The number of hydrogen-bond donors (Lipinski definition) is 0. The van der Waals surface area contributed by atoms with Crippen LogP contribution in [0.1, 0.15) is 5.56 Å². The Morgan fingerprint density at radius 2 is 2.12 bits per heavy atom. The maximum absolute atomic E-state index is 5.93. The van der Waals surface area contributed by atoms with Crippen molar-refractivity contribution in [2.45, 2.75) is 19.6 Å². The van der Waals surface area contributed by atoms with Crippen molar-refractivity contribution >= 4 is 48.7 Å². The van der Waals surface area contributed by atoms with Gasteiger partial charge in [-0.05, 0) is 67.0 Å². The molecule has 0 aromatic heterocycles. The second-order valence-corrected chi connectivity index (χ2v) is 10.6. The Hall–Kier alpha value is -0.333. The van der Waals surface area contributed by atoms with Crippen LogP contribution in [-0.2, 0) is 4.43 Å². The summed E-state index contributed by atoms with van der Waals surface area (Å²) in [6.45, 7) is 10.1. The van der Waals surface area contributed by atoms with E-state index in [2.05, 4.69) is 53.8 Å². The maximum atomic E-state index is 5.93. The van der Waals surface area contributed by atoms with Crippen molar-refractivity contribution in [1.82, 2.24) is 0 Å². The molecular weight excluding hydrogens is 365 g/mol. The third-order valence-electron chi connectivity index (χ3n) is 1.73. The Morgan fingerprint density at radius 1 is 1.47 bits per heavy atom. The molecule has 0 saturated carbocycles. The molecule has 1 rings (SSSR count). The average molecular weight is 380 g/mol. The van der Waals surface area contributed by atoms with Crippen molar-refractivity contribution in [3.8, 4) is 0 Å². The minimum absolute atomic E-state index is 0.458. The molecule has 0 amide bonds. The van der Waals surface area contributed by atoms with E-state index in [0.29, 0.717) is 10.9 Å². The van der Waals surface area contributed by atoms with Gasteiger partial charge in [0.05, 0.1) is 0 Å². The smallest absolute Gasteiger partial charge is 0.244 e. The van der Waals surface area contributed by atoms with E-state index in [-0.39, 0.29) is 0 Å². The molecule has 1 aromatic rings. The van der Waals surface area contributed by atoms with Crippen LogP contribution < -0.4 is 0 Å². The van der Waals surface area contributed by atoms with Gasteiger partial charge in [0.25, 0.3) is 0 Å². The van der Waals surface area contributed by atoms with E-state index in [1.165, 1.54) is 0 Å². The van der Waals surface area contributed by atoms with Crippen LogP contribution in [0.4, 0.5) is 0 Å². The Bertz CT molecular complexity index is 454. The zero-order valence-corrected chi connectivity index (χ0v) is 14.0. The van der Waals surface area contributed by atoms with Gasteiger partial charge < -0.3 is 4.43 Å². The monoisotopic (exact) mass is 379 g/mol. The van der Waals surface area contributed by atoms with E-state index >= 15 is 0 Å². The molecule has 0 fully saturated rings. The number of halogens is 2. The van der Waals surface area contributed by atoms with Crippen LogP contribution in [0.5, 0.6) is 0 Å². The van der Waals surface area contributed by atoms with Crippen LogP contribution in [0.15, 0.2) is 35.7 Å². The molecule has 0 aliphatic heterocycles. The largest absolute Gasteiger partial charge is 0.532 e. The average Bonchev–Trinajstić information content (AvgIpc) is 2.17. The van der Waals surface area contributed by atoms with Crippen LogP contribution in [0.25, 0.3) is 0 Å². The Kier molecular flexibility index (Phi) is 5.21. The molecule has 0 N–H and O–H groups in total. The number of benzene rings is 1. The third-order valence-corrected chi connectivity index (χ3v) is 3.80. The molecule has 5 heteroatoms. The summed E-state index contributed by atoms with van der Waals surface area (Å²) in [7, 11) is -1.62. The highest BCUT2D eigenvalue weighted by atomic mass is 127. The van der Waals surface area contributed by atoms with Crippen molar-refractivity contribution in [2.75, 3.05) is 0 Å². The summed E-state index contributed by atoms with van der Waals surface area (Å²) in [4.78, 5) is 4.21. The van der Waals surface area contributed by atoms with Crippen molar-refractivity contribution < 1.29 is 4.43 Å². The Labute approximate surface area is 122 Å². The normalized spacial score (nSPS) is 11.8. The first-order valence-electron chi connectivity index (χ1n) is 5.15. The molecule has 2 nitrogen and oxygen atoms in total. The zero-order valence-electron chi connectivity index (χ0n) is 10.1. The van der Waals surface area contributed by atoms with Gasteiger partial charge in [-0.1, -0.05) is 11.6 Å². The van der Waals surface area contributed by atoms with Crippen molar-refractivity contribution in [2.24, 2.45) is 4.99 Å². The zero-order chi connectivity index (χ0) is 13.1. The number of nitrogens with zero attached hydrogens (tertiary/aromatic N) is 1. The molecule has 0 unspecified atom stereocenters. The second-order valence-electron chi connectivity index (χ2n) is 4.53. The van der Waals surface area contributed by atoms with Crippen LogP contribution in [0.2, 0.25) is 24.7 Å². The lowest BCUT2D eigenvalue weighted by Crippen LogP contribution is -2.24. The lowest BCUT2D eigenvalue weighted by Gasteiger charge is -2.17. The van der Waals surface area contributed by atoms with E-state index in [1.54, 1.807) is 6.21 Å². The number of rotatable bonds is 4. The lowest BCUT2D eigenvalue weighted by atomic mass is 10.2. The maximum Gasteiger partial charge on any atom is 0.244 e. The van der Waals surface area contributed by atoms with Crippen molar-refractivity contribution in [1.29, 1.82) is 0 Å². The highest BCUT2D eigenvalue weighted by Gasteiger charge is 2.16. The summed E-state index contributed by atoms with van der Waals surface area (Å²) >= 11 is 8.17. The molecule has 0 aliphatic carbocycles. The minimum Gasteiger partial charge on any atom is -0.532 e. The summed E-state index contributed by atoms with van der Waals surface area (Å²) in [5, 5.41) is 0.698. The van der Waals surface area contributed by atoms with Gasteiger partial charge in [0.15, 0.2) is 5.88 Å². The molecular formula is C12H15ClINOSi. The predicted molar refractivity (Wildman–Crippen MR) is 85.3 cm³/mol. The first-order chi connectivity index (χ1) is 7.78. The fourth-order valence-corrected chi connectivity index (χ4v) is 2.55. The summed E-state index contributed by atoms with van der Waals surface area (Å²) in [6, 6.07) is 5.68. The van der Waals surface area contributed by atoms with Gasteiger partial charge in [-0.25, -0.2) is 4.99 Å². The molecule has 0 saturated heterocycles. The van der Waals surface area contributed by atoms with Crippen molar-refractivity contribution in [3.05, 3.63) is 44.8 Å². The van der Waals surface area contributed by atoms with Gasteiger partial charge in [-0.2, -0.15) is 0 Å². The molecule has 1 aromatic carbocycles. The molecule has 0 spiro atoms. The van der Waals surface area contributed by atoms with Crippen LogP contribution in [0, 0.1) is 3.57 Å². The molecule has 17 heavy (non-hydrogen) atoms. The highest BCUT2D eigenvalue weighted by molar-refractivity contribution is 14.1. The molecule has 0 aliphatic rings. The number of hydrogen-bond acceptors (Lipinski definition) is 2. The van der Waals surface area contributed by atoms with E-state index in [9.17, 15) is 0 Å². The second kappa shape index (κ2) is 6.02. The quantitative estimate of drug-likeness (QED) is 0.322. The SMILES string of the molecule is C=C(N=Cc1cc(Cl)ccc1I)O[Si](C)(C)C. The first kappa shape index (κ1) is 14.7. The van der Waals surface area contributed by atoms with E-state index in [1.807, 2.05) is 18.2 Å². The molecule has 92 valence electrons. The predicted octanol–water partition coefficient (Wildman–Crippen LogP) is 4.69. The lowest BCUT2D eigenvalue weighted by molar-refractivity contribution is 0.421. The Balaban J connectivity index is 2.77. The van der Waals surface area contributed by atoms with E-state index in [4.69, 9.17) is 16.0 Å². The summed E-state index contributed by atoms with van der Waals surface area (Å²) in [6.07, 6.45) is 1.73. The van der Waals surface area contributed by atoms with Gasteiger partial charge in [0.1, 0.15) is 0 Å². The van der Waals surface area contributed by atoms with Crippen molar-refractivity contribution in [3.63, 3.8) is 0 Å². The molecule has 0 heterocycles. The Morgan fingerprint density at radius 3 is 2.71 bits per heavy atom. The molecule has 0 radical (unpaired) electrons. The fraction of sp³-hybridized carbons (Fsp3) is 0.250. The minimum atomic E-state index is -1.62. The van der Waals surface area contributed by atoms with Crippen LogP contribution >= 0.6 is 34.2 Å². The number of aliphatic imine (C=N–C) groups is 1. The van der Waals surface area contributed by atoms with Gasteiger partial charge in [0.2, 0.25) is 8.32 Å². The topological polar surface area (TPSA) is 21.6 Å². The summed E-state index contributed by atoms with van der Waals surface area (Å²) < 4.78 is 6.73.